The van der Waals surface area contributed by atoms with Crippen molar-refractivity contribution in [1.29, 1.82) is 0 Å². The molecule has 0 aliphatic heterocycles. The van der Waals surface area contributed by atoms with Crippen LogP contribution >= 0.6 is 98.5 Å². The van der Waals surface area contributed by atoms with Gasteiger partial charge in [-0.3, -0.25) is 0 Å². The van der Waals surface area contributed by atoms with E-state index in [1.54, 1.807) is 6.07 Å². The molecule has 0 spiro atoms. The first-order valence-corrected chi connectivity index (χ1v) is 7.46. The Morgan fingerprint density at radius 3 is 1.93 bits per heavy atom. The van der Waals surface area contributed by atoms with E-state index in [1.165, 1.54) is 0 Å². The Bertz CT molecular complexity index is 372. The normalized spacial score (nSPS) is 11.9. The highest BCUT2D eigenvalue weighted by Crippen LogP contribution is 2.51. The molecule has 1 rings (SSSR count). The predicted octanol–water partition coefficient (Wildman–Crippen LogP) is 6.70. The van der Waals surface area contributed by atoms with E-state index in [-0.39, 0.29) is 0 Å². The van der Waals surface area contributed by atoms with Crippen molar-refractivity contribution < 1.29 is 0 Å². The Morgan fingerprint density at radius 2 is 1.50 bits per heavy atom. The first-order chi connectivity index (χ1) is 6.25. The molecule has 0 saturated carbocycles. The molecule has 1 aromatic carbocycles. The number of hydrogen-bond acceptors (Lipinski definition) is 0. The van der Waals surface area contributed by atoms with Gasteiger partial charge in [0.05, 0.1) is 15.1 Å². The van der Waals surface area contributed by atoms with E-state index >= 15 is 0 Å². The molecule has 0 aliphatic rings. The summed E-state index contributed by atoms with van der Waals surface area (Å²) in [5, 5.41) is 1.12. The number of hydrogen-bond donors (Lipinski definition) is 0. The molecule has 0 aromatic heterocycles. The fraction of sp³-hybridized carbons (Fsp3) is 0.143. The van der Waals surface area contributed by atoms with E-state index in [0.29, 0.717) is 19.5 Å². The summed E-state index contributed by atoms with van der Waals surface area (Å²) in [6.45, 7) is 0. The van der Waals surface area contributed by atoms with E-state index in [1.807, 2.05) is 0 Å². The molecule has 0 aliphatic carbocycles. The van der Waals surface area contributed by atoms with Crippen LogP contribution in [0.2, 0.25) is 15.1 Å². The summed E-state index contributed by atoms with van der Waals surface area (Å²) in [6, 6.07) is 1.71. The average molecular weight is 511 g/mol. The monoisotopic (exact) mass is 506 g/mol. The predicted molar refractivity (Wildman–Crippen MR) is 77.6 cm³/mol. The zero-order valence-electron chi connectivity index (χ0n) is 6.22. The maximum atomic E-state index is 5.97. The summed E-state index contributed by atoms with van der Waals surface area (Å²) in [5.41, 5.74) is 0.803. The van der Waals surface area contributed by atoms with Crippen LogP contribution in [0.5, 0.6) is 0 Å². The molecule has 0 nitrogen and oxygen atoms in total. The second-order valence-electron chi connectivity index (χ2n) is 2.35. The second-order valence-corrected chi connectivity index (χ2v) is 11.1. The lowest BCUT2D eigenvalue weighted by molar-refractivity contribution is 1.34. The molecule has 0 amide bonds. The third-order valence-electron chi connectivity index (χ3n) is 1.41. The number of rotatable bonds is 0. The molecule has 0 radical (unpaired) electrons. The molecule has 1 aromatic rings. The minimum atomic E-state index is -0.580. The average Bonchev–Trinajstić information content (AvgIpc) is 2.06. The van der Waals surface area contributed by atoms with Crippen molar-refractivity contribution in [3.63, 3.8) is 0 Å². The molecule has 0 atom stereocenters. The molecular formula is C7HBr4Cl3. The van der Waals surface area contributed by atoms with Crippen molar-refractivity contribution >= 4 is 98.5 Å². The third kappa shape index (κ3) is 3.02. The SMILES string of the molecule is Clc1cc(C(Br)(Br)Br)c(Br)c(Cl)c1Cl. The van der Waals surface area contributed by atoms with E-state index in [4.69, 9.17) is 34.8 Å². The lowest BCUT2D eigenvalue weighted by Gasteiger charge is -2.17. The van der Waals surface area contributed by atoms with Crippen molar-refractivity contribution in [2.45, 2.75) is 2.14 Å². The highest BCUT2D eigenvalue weighted by Gasteiger charge is 2.27. The van der Waals surface area contributed by atoms with Crippen molar-refractivity contribution in [3.05, 3.63) is 31.2 Å². The van der Waals surface area contributed by atoms with Gasteiger partial charge in [-0.1, -0.05) is 82.6 Å². The zero-order chi connectivity index (χ0) is 11.1. The second kappa shape index (κ2) is 5.11. The molecule has 0 heterocycles. The Morgan fingerprint density at radius 1 is 1.00 bits per heavy atom. The van der Waals surface area contributed by atoms with Crippen molar-refractivity contribution in [1.82, 2.24) is 0 Å². The summed E-state index contributed by atoms with van der Waals surface area (Å²) < 4.78 is 0.100. The van der Waals surface area contributed by atoms with Crippen LogP contribution in [0.15, 0.2) is 10.5 Å². The van der Waals surface area contributed by atoms with Crippen molar-refractivity contribution in [2.24, 2.45) is 0 Å². The van der Waals surface area contributed by atoms with E-state index in [2.05, 4.69) is 63.7 Å². The van der Waals surface area contributed by atoms with Gasteiger partial charge in [0, 0.05) is 10.0 Å². The van der Waals surface area contributed by atoms with Gasteiger partial charge in [0.25, 0.3) is 0 Å². The lowest BCUT2D eigenvalue weighted by Crippen LogP contribution is -2.00. The van der Waals surface area contributed by atoms with E-state index in [0.717, 1.165) is 5.56 Å². The first kappa shape index (κ1) is 14.1. The Hall–Kier alpha value is 2.01. The highest BCUT2D eigenvalue weighted by atomic mass is 80.0. The van der Waals surface area contributed by atoms with Crippen LogP contribution in [0.4, 0.5) is 0 Å². The maximum Gasteiger partial charge on any atom is 0.161 e. The van der Waals surface area contributed by atoms with Gasteiger partial charge in [0.15, 0.2) is 2.14 Å². The molecule has 78 valence electrons. The van der Waals surface area contributed by atoms with Crippen LogP contribution in [0.3, 0.4) is 0 Å². The number of halogens is 7. The number of benzene rings is 1. The fourth-order valence-corrected chi connectivity index (χ4v) is 3.84. The minimum absolute atomic E-state index is 0.334. The van der Waals surface area contributed by atoms with Gasteiger partial charge in [-0.25, -0.2) is 0 Å². The summed E-state index contributed by atoms with van der Waals surface area (Å²) in [5.74, 6) is 0. The largest absolute Gasteiger partial charge is 0.161 e. The summed E-state index contributed by atoms with van der Waals surface area (Å²) >= 11 is 31.2. The van der Waals surface area contributed by atoms with Gasteiger partial charge in [0.2, 0.25) is 0 Å². The van der Waals surface area contributed by atoms with E-state index < -0.39 is 2.14 Å². The topological polar surface area (TPSA) is 0 Å². The van der Waals surface area contributed by atoms with Gasteiger partial charge in [0.1, 0.15) is 0 Å². The Balaban J connectivity index is 3.49. The lowest BCUT2D eigenvalue weighted by atomic mass is 10.2. The van der Waals surface area contributed by atoms with Crippen LogP contribution < -0.4 is 0 Å². The molecule has 0 saturated heterocycles. The molecule has 0 N–H and O–H groups in total. The summed E-state index contributed by atoms with van der Waals surface area (Å²) in [4.78, 5) is 0. The zero-order valence-corrected chi connectivity index (χ0v) is 14.8. The van der Waals surface area contributed by atoms with Crippen LogP contribution in [-0.2, 0) is 2.14 Å². The quantitative estimate of drug-likeness (QED) is 0.207. The molecular weight excluding hydrogens is 510 g/mol. The molecule has 14 heavy (non-hydrogen) atoms. The van der Waals surface area contributed by atoms with Gasteiger partial charge >= 0.3 is 0 Å². The highest BCUT2D eigenvalue weighted by molar-refractivity contribution is 9.38. The van der Waals surface area contributed by atoms with Gasteiger partial charge in [-0.05, 0) is 22.0 Å². The van der Waals surface area contributed by atoms with Crippen molar-refractivity contribution in [3.8, 4) is 0 Å². The molecule has 7 heteroatoms. The Kier molecular flexibility index (Phi) is 5.14. The summed E-state index contributed by atoms with van der Waals surface area (Å²) in [7, 11) is 0. The smallest absolute Gasteiger partial charge is 0.0826 e. The molecule has 0 bridgehead atoms. The Labute approximate surface area is 130 Å². The van der Waals surface area contributed by atoms with Gasteiger partial charge in [-0.15, -0.1) is 0 Å². The van der Waals surface area contributed by atoms with Crippen LogP contribution in [0.25, 0.3) is 0 Å². The van der Waals surface area contributed by atoms with Gasteiger partial charge in [-0.2, -0.15) is 0 Å². The van der Waals surface area contributed by atoms with Crippen molar-refractivity contribution in [2.75, 3.05) is 0 Å². The van der Waals surface area contributed by atoms with Crippen LogP contribution in [0, 0.1) is 0 Å². The van der Waals surface area contributed by atoms with Crippen LogP contribution in [0.1, 0.15) is 5.56 Å². The molecule has 0 unspecified atom stereocenters. The summed E-state index contributed by atoms with van der Waals surface area (Å²) in [6.07, 6.45) is 0. The third-order valence-corrected chi connectivity index (χ3v) is 5.00. The standard InChI is InChI=1S/C7HBr4Cl3/c8-4-2(7(9,10)11)1-3(12)5(13)6(4)14/h1H. The van der Waals surface area contributed by atoms with Crippen LogP contribution in [-0.4, -0.2) is 0 Å². The fourth-order valence-electron chi connectivity index (χ4n) is 0.779. The maximum absolute atomic E-state index is 5.97. The van der Waals surface area contributed by atoms with Gasteiger partial charge < -0.3 is 0 Å². The molecule has 0 fully saturated rings. The van der Waals surface area contributed by atoms with E-state index in [9.17, 15) is 0 Å². The first-order valence-electron chi connectivity index (χ1n) is 3.15. The minimum Gasteiger partial charge on any atom is -0.0826 e. The number of alkyl halides is 3.